The molecule has 3 amide bonds. The summed E-state index contributed by atoms with van der Waals surface area (Å²) < 4.78 is 45.0. The number of carbonyl (C=O) groups is 2. The zero-order valence-corrected chi connectivity index (χ0v) is 20.5. The number of halogens is 4. The number of carbonyl (C=O) groups excluding carboxylic acids is 2. The average molecular weight is 596 g/mol. The van der Waals surface area contributed by atoms with Gasteiger partial charge in [0.1, 0.15) is 5.82 Å². The zero-order valence-electron chi connectivity index (χ0n) is 18.4. The monoisotopic (exact) mass is 596 g/mol. The molecule has 0 unspecified atom stereocenters. The zero-order chi connectivity index (χ0) is 25.3. The van der Waals surface area contributed by atoms with Gasteiger partial charge in [0.05, 0.1) is 43.8 Å². The first-order valence-electron chi connectivity index (χ1n) is 10.1. The van der Waals surface area contributed by atoms with E-state index in [0.717, 1.165) is 11.1 Å². The van der Waals surface area contributed by atoms with E-state index in [0.29, 0.717) is 16.5 Å². The number of aliphatic hydroxyl groups excluding tert-OH is 1. The Labute approximate surface area is 207 Å². The maximum Gasteiger partial charge on any atom is 0.341 e. The van der Waals surface area contributed by atoms with E-state index < -0.39 is 53.8 Å². The highest BCUT2D eigenvalue weighted by atomic mass is 127. The molecule has 0 aliphatic heterocycles. The molecule has 0 fully saturated rings. The second-order valence-corrected chi connectivity index (χ2v) is 8.04. The van der Waals surface area contributed by atoms with Gasteiger partial charge in [-0.2, -0.15) is 5.06 Å². The lowest BCUT2D eigenvalue weighted by Gasteiger charge is -2.22. The fourth-order valence-electron chi connectivity index (χ4n) is 2.73. The average Bonchev–Trinajstić information content (AvgIpc) is 2.81. The summed E-state index contributed by atoms with van der Waals surface area (Å²) in [4.78, 5) is 34.6. The van der Waals surface area contributed by atoms with Crippen LogP contribution in [0.3, 0.4) is 0 Å². The van der Waals surface area contributed by atoms with Gasteiger partial charge in [-0.15, -0.1) is 0 Å². The second-order valence-electron chi connectivity index (χ2n) is 6.79. The molecule has 0 aliphatic carbocycles. The van der Waals surface area contributed by atoms with Crippen LogP contribution in [-0.4, -0.2) is 49.0 Å². The van der Waals surface area contributed by atoms with E-state index in [-0.39, 0.29) is 17.9 Å². The van der Waals surface area contributed by atoms with Crippen LogP contribution in [0.15, 0.2) is 24.3 Å². The van der Waals surface area contributed by atoms with Crippen molar-refractivity contribution in [3.8, 4) is 0 Å². The molecule has 2 aromatic carbocycles. The normalized spacial score (nSPS) is 10.7. The highest BCUT2D eigenvalue weighted by Crippen LogP contribution is 2.31. The van der Waals surface area contributed by atoms with Crippen molar-refractivity contribution >= 4 is 45.9 Å². The third-order valence-corrected chi connectivity index (χ3v) is 5.03. The topological polar surface area (TPSA) is 112 Å². The number of nitrogens with zero attached hydrogens (tertiary/aromatic N) is 1. The standard InChI is InChI=1S/C21H24F3IN4O5/c1-3-6-26-21(32)29(33-2)11-12-9-14(20(31)28-34-8-7-30)19(18(24)17(12)23)27-16-5-4-13(25)10-15(16)22/h4-5,9-10,27,30H,3,6-8,11H2,1-2H3,(H,26,32)(H,28,31). The molecule has 0 spiro atoms. The molecule has 2 aromatic rings. The summed E-state index contributed by atoms with van der Waals surface area (Å²) in [6, 6.07) is 4.30. The first-order chi connectivity index (χ1) is 16.2. The van der Waals surface area contributed by atoms with Crippen LogP contribution in [0.2, 0.25) is 0 Å². The van der Waals surface area contributed by atoms with Crippen LogP contribution in [0.1, 0.15) is 29.3 Å². The summed E-state index contributed by atoms with van der Waals surface area (Å²) in [6.45, 7) is 0.961. The largest absolute Gasteiger partial charge is 0.394 e. The first kappa shape index (κ1) is 27.6. The maximum atomic E-state index is 15.1. The maximum absolute atomic E-state index is 15.1. The second kappa shape index (κ2) is 13.3. The first-order valence-corrected chi connectivity index (χ1v) is 11.2. The lowest BCUT2D eigenvalue weighted by atomic mass is 10.1. The van der Waals surface area contributed by atoms with E-state index in [1.807, 2.05) is 35.0 Å². The van der Waals surface area contributed by atoms with Crippen molar-refractivity contribution in [2.75, 3.05) is 32.2 Å². The minimum Gasteiger partial charge on any atom is -0.394 e. The summed E-state index contributed by atoms with van der Waals surface area (Å²) >= 11 is 1.88. The van der Waals surface area contributed by atoms with Gasteiger partial charge in [-0.1, -0.05) is 6.92 Å². The predicted molar refractivity (Wildman–Crippen MR) is 126 cm³/mol. The Bertz CT molecular complexity index is 1030. The van der Waals surface area contributed by atoms with E-state index in [1.165, 1.54) is 25.3 Å². The third-order valence-electron chi connectivity index (χ3n) is 4.36. The SMILES string of the molecule is CCCNC(=O)N(Cc1cc(C(=O)NOCCO)c(Nc2ccc(I)cc2F)c(F)c1F)OC. The summed E-state index contributed by atoms with van der Waals surface area (Å²) in [6.07, 6.45) is 0.639. The molecule has 0 aromatic heterocycles. The molecule has 2 rings (SSSR count). The van der Waals surface area contributed by atoms with Gasteiger partial charge in [0.25, 0.3) is 5.91 Å². The van der Waals surface area contributed by atoms with Crippen molar-refractivity contribution < 1.29 is 37.5 Å². The van der Waals surface area contributed by atoms with Gasteiger partial charge < -0.3 is 15.7 Å². The number of amides is 3. The van der Waals surface area contributed by atoms with E-state index >= 15 is 4.39 Å². The third kappa shape index (κ3) is 7.19. The van der Waals surface area contributed by atoms with Crippen molar-refractivity contribution in [3.05, 3.63) is 56.4 Å². The summed E-state index contributed by atoms with van der Waals surface area (Å²) in [5.74, 6) is -4.60. The molecule has 0 saturated heterocycles. The fourth-order valence-corrected chi connectivity index (χ4v) is 3.19. The molecular weight excluding hydrogens is 572 g/mol. The number of benzene rings is 2. The van der Waals surface area contributed by atoms with Gasteiger partial charge in [-0.25, -0.2) is 23.4 Å². The van der Waals surface area contributed by atoms with Gasteiger partial charge in [-0.3, -0.25) is 14.5 Å². The fraction of sp³-hybridized carbons (Fsp3) is 0.333. The van der Waals surface area contributed by atoms with Crippen molar-refractivity contribution in [2.24, 2.45) is 0 Å². The molecule has 0 atom stereocenters. The molecular formula is C21H24F3IN4O5. The van der Waals surface area contributed by atoms with Gasteiger partial charge in [-0.05, 0) is 53.3 Å². The number of rotatable bonds is 11. The van der Waals surface area contributed by atoms with Crippen LogP contribution < -0.4 is 16.1 Å². The van der Waals surface area contributed by atoms with Crippen LogP contribution in [0.25, 0.3) is 0 Å². The summed E-state index contributed by atoms with van der Waals surface area (Å²) in [7, 11) is 1.17. The molecule has 34 heavy (non-hydrogen) atoms. The quantitative estimate of drug-likeness (QED) is 0.179. The minimum absolute atomic E-state index is 0.200. The molecule has 0 aliphatic rings. The van der Waals surface area contributed by atoms with E-state index in [9.17, 15) is 18.4 Å². The Balaban J connectivity index is 2.49. The number of urea groups is 1. The Morgan fingerprint density at radius 2 is 1.91 bits per heavy atom. The van der Waals surface area contributed by atoms with Crippen LogP contribution in [0, 0.1) is 21.0 Å². The lowest BCUT2D eigenvalue weighted by molar-refractivity contribution is -0.0937. The Kier molecular flexibility index (Phi) is 10.8. The molecule has 0 bridgehead atoms. The van der Waals surface area contributed by atoms with Gasteiger partial charge in [0, 0.05) is 15.7 Å². The Morgan fingerprint density at radius 3 is 2.53 bits per heavy atom. The highest BCUT2D eigenvalue weighted by molar-refractivity contribution is 14.1. The molecule has 0 radical (unpaired) electrons. The Morgan fingerprint density at radius 1 is 1.18 bits per heavy atom. The van der Waals surface area contributed by atoms with E-state index in [2.05, 4.69) is 10.6 Å². The predicted octanol–water partition coefficient (Wildman–Crippen LogP) is 3.59. The van der Waals surface area contributed by atoms with Gasteiger partial charge >= 0.3 is 6.03 Å². The van der Waals surface area contributed by atoms with Crippen LogP contribution >= 0.6 is 22.6 Å². The molecule has 0 heterocycles. The van der Waals surface area contributed by atoms with Crippen molar-refractivity contribution in [1.82, 2.24) is 15.9 Å². The van der Waals surface area contributed by atoms with Crippen molar-refractivity contribution in [1.29, 1.82) is 0 Å². The molecule has 4 N–H and O–H groups in total. The van der Waals surface area contributed by atoms with Crippen LogP contribution in [0.4, 0.5) is 29.3 Å². The molecule has 13 heteroatoms. The summed E-state index contributed by atoms with van der Waals surface area (Å²) in [5, 5.41) is 14.5. The van der Waals surface area contributed by atoms with Gasteiger partial charge in [0.15, 0.2) is 11.6 Å². The van der Waals surface area contributed by atoms with E-state index in [4.69, 9.17) is 14.8 Å². The highest BCUT2D eigenvalue weighted by Gasteiger charge is 2.26. The number of aliphatic hydroxyl groups is 1. The van der Waals surface area contributed by atoms with Crippen LogP contribution in [0.5, 0.6) is 0 Å². The number of anilines is 2. The van der Waals surface area contributed by atoms with Crippen molar-refractivity contribution in [2.45, 2.75) is 19.9 Å². The van der Waals surface area contributed by atoms with E-state index in [1.54, 1.807) is 0 Å². The number of hydrogen-bond acceptors (Lipinski definition) is 6. The summed E-state index contributed by atoms with van der Waals surface area (Å²) in [5.41, 5.74) is 0.330. The minimum atomic E-state index is -1.48. The molecule has 186 valence electrons. The van der Waals surface area contributed by atoms with Crippen molar-refractivity contribution in [3.63, 3.8) is 0 Å². The van der Waals surface area contributed by atoms with Crippen LogP contribution in [-0.2, 0) is 16.2 Å². The Hall–Kier alpha value is -2.62. The smallest absolute Gasteiger partial charge is 0.341 e. The number of hydrogen-bond donors (Lipinski definition) is 4. The van der Waals surface area contributed by atoms with Gasteiger partial charge in [0.2, 0.25) is 0 Å². The molecule has 9 nitrogen and oxygen atoms in total. The lowest BCUT2D eigenvalue weighted by Crippen LogP contribution is -2.39. The number of nitrogens with one attached hydrogen (secondary N) is 3. The number of hydroxylamine groups is 3. The molecule has 0 saturated carbocycles.